The average molecular weight is 252 g/mol. The lowest BCUT2D eigenvalue weighted by Crippen LogP contribution is -2.42. The van der Waals surface area contributed by atoms with E-state index in [-0.39, 0.29) is 18.0 Å². The summed E-state index contributed by atoms with van der Waals surface area (Å²) in [6, 6.07) is 2.62. The molecule has 0 radical (unpaired) electrons. The smallest absolute Gasteiger partial charge is 0.316 e. The van der Waals surface area contributed by atoms with E-state index < -0.39 is 0 Å². The molecule has 1 rings (SSSR count). The van der Waals surface area contributed by atoms with E-state index in [1.54, 1.807) is 14.1 Å². The maximum atomic E-state index is 11.3. The fourth-order valence-corrected chi connectivity index (χ4v) is 2.29. The Bertz CT molecular complexity index is 298. The van der Waals surface area contributed by atoms with E-state index in [1.807, 2.05) is 0 Å². The van der Waals surface area contributed by atoms with Crippen molar-refractivity contribution in [3.8, 4) is 6.07 Å². The minimum absolute atomic E-state index is 0.0745. The van der Waals surface area contributed by atoms with Crippen molar-refractivity contribution in [3.63, 3.8) is 0 Å². The molecule has 102 valence electrons. The second-order valence-corrected chi connectivity index (χ2v) is 5.06. The topological polar surface area (TPSA) is 68.2 Å². The highest BCUT2D eigenvalue weighted by Gasteiger charge is 2.22. The summed E-state index contributed by atoms with van der Waals surface area (Å²) in [6.07, 6.45) is 5.65. The zero-order valence-electron chi connectivity index (χ0n) is 11.4. The average Bonchev–Trinajstić information content (AvgIpc) is 2.58. The van der Waals surface area contributed by atoms with Crippen LogP contribution in [-0.2, 0) is 0 Å². The Hall–Kier alpha value is -1.28. The number of hydrogen-bond donors (Lipinski definition) is 2. The van der Waals surface area contributed by atoms with Crippen molar-refractivity contribution in [2.75, 3.05) is 27.2 Å². The lowest BCUT2D eigenvalue weighted by Gasteiger charge is -2.21. The van der Waals surface area contributed by atoms with Crippen LogP contribution in [0.25, 0.3) is 0 Å². The SMILES string of the molecule is CN(C)C(=O)NCCNC1CCCCCC1C#N. The van der Waals surface area contributed by atoms with Crippen LogP contribution in [0.5, 0.6) is 0 Å². The number of rotatable bonds is 4. The molecule has 2 atom stereocenters. The Morgan fingerprint density at radius 3 is 2.67 bits per heavy atom. The van der Waals surface area contributed by atoms with E-state index in [0.29, 0.717) is 6.54 Å². The molecule has 2 N–H and O–H groups in total. The molecule has 0 aromatic carbocycles. The molecular weight excluding hydrogens is 228 g/mol. The standard InChI is InChI=1S/C13H24N4O/c1-17(2)13(18)16-9-8-15-12-7-5-3-4-6-11(12)10-14/h11-12,15H,3-9H2,1-2H3,(H,16,18). The van der Waals surface area contributed by atoms with Crippen LogP contribution in [0.1, 0.15) is 32.1 Å². The Morgan fingerprint density at radius 1 is 1.28 bits per heavy atom. The third kappa shape index (κ3) is 4.92. The number of amides is 2. The van der Waals surface area contributed by atoms with Crippen molar-refractivity contribution < 1.29 is 4.79 Å². The molecule has 0 aliphatic heterocycles. The van der Waals surface area contributed by atoms with Gasteiger partial charge in [0.1, 0.15) is 0 Å². The zero-order valence-corrected chi connectivity index (χ0v) is 11.4. The molecule has 1 fully saturated rings. The van der Waals surface area contributed by atoms with Gasteiger partial charge in [-0.15, -0.1) is 0 Å². The molecular formula is C13H24N4O. The van der Waals surface area contributed by atoms with Gasteiger partial charge in [0.25, 0.3) is 0 Å². The second kappa shape index (κ2) is 7.93. The van der Waals surface area contributed by atoms with Gasteiger partial charge in [0, 0.05) is 33.2 Å². The molecule has 0 aromatic rings. The first kappa shape index (κ1) is 14.8. The van der Waals surface area contributed by atoms with Crippen molar-refractivity contribution in [2.45, 2.75) is 38.1 Å². The molecule has 5 nitrogen and oxygen atoms in total. The summed E-state index contributed by atoms with van der Waals surface area (Å²) in [5, 5.41) is 15.4. The molecule has 18 heavy (non-hydrogen) atoms. The lowest BCUT2D eigenvalue weighted by molar-refractivity contribution is 0.217. The van der Waals surface area contributed by atoms with Crippen LogP contribution in [0.2, 0.25) is 0 Å². The number of hydrogen-bond acceptors (Lipinski definition) is 3. The van der Waals surface area contributed by atoms with Crippen LogP contribution in [0.4, 0.5) is 4.79 Å². The largest absolute Gasteiger partial charge is 0.337 e. The molecule has 0 saturated heterocycles. The van der Waals surface area contributed by atoms with Crippen molar-refractivity contribution in [3.05, 3.63) is 0 Å². The molecule has 0 spiro atoms. The summed E-state index contributed by atoms with van der Waals surface area (Å²) in [5.41, 5.74) is 0. The normalized spacial score (nSPS) is 23.8. The predicted molar refractivity (Wildman–Crippen MR) is 71.1 cm³/mol. The van der Waals surface area contributed by atoms with Gasteiger partial charge in [-0.05, 0) is 12.8 Å². The molecule has 0 bridgehead atoms. The van der Waals surface area contributed by atoms with Crippen molar-refractivity contribution >= 4 is 6.03 Å². The Balaban J connectivity index is 2.24. The lowest BCUT2D eigenvalue weighted by atomic mass is 9.96. The molecule has 1 aliphatic rings. The molecule has 5 heteroatoms. The van der Waals surface area contributed by atoms with Gasteiger partial charge in [0.2, 0.25) is 0 Å². The number of nitrogens with one attached hydrogen (secondary N) is 2. The van der Waals surface area contributed by atoms with Crippen molar-refractivity contribution in [1.82, 2.24) is 15.5 Å². The van der Waals surface area contributed by atoms with Gasteiger partial charge < -0.3 is 15.5 Å². The Morgan fingerprint density at radius 2 is 2.00 bits per heavy atom. The first-order valence-electron chi connectivity index (χ1n) is 6.73. The molecule has 0 aromatic heterocycles. The minimum atomic E-state index is -0.0745. The van der Waals surface area contributed by atoms with Crippen LogP contribution < -0.4 is 10.6 Å². The van der Waals surface area contributed by atoms with Gasteiger partial charge >= 0.3 is 6.03 Å². The van der Waals surface area contributed by atoms with E-state index in [1.165, 1.54) is 17.7 Å². The highest BCUT2D eigenvalue weighted by molar-refractivity contribution is 5.73. The van der Waals surface area contributed by atoms with E-state index in [9.17, 15) is 4.79 Å². The number of nitriles is 1. The first-order valence-corrected chi connectivity index (χ1v) is 6.73. The van der Waals surface area contributed by atoms with Crippen molar-refractivity contribution in [2.24, 2.45) is 5.92 Å². The van der Waals surface area contributed by atoms with E-state index in [4.69, 9.17) is 5.26 Å². The second-order valence-electron chi connectivity index (χ2n) is 5.06. The molecule has 1 saturated carbocycles. The van der Waals surface area contributed by atoms with E-state index in [2.05, 4.69) is 16.7 Å². The van der Waals surface area contributed by atoms with Gasteiger partial charge in [0.05, 0.1) is 12.0 Å². The van der Waals surface area contributed by atoms with Crippen LogP contribution in [0.3, 0.4) is 0 Å². The minimum Gasteiger partial charge on any atom is -0.337 e. The predicted octanol–water partition coefficient (Wildman–Crippen LogP) is 1.32. The number of urea groups is 1. The Labute approximate surface area is 110 Å². The van der Waals surface area contributed by atoms with Crippen molar-refractivity contribution in [1.29, 1.82) is 5.26 Å². The van der Waals surface area contributed by atoms with Gasteiger partial charge in [-0.2, -0.15) is 5.26 Å². The first-order chi connectivity index (χ1) is 8.65. The van der Waals surface area contributed by atoms with Gasteiger partial charge in [-0.1, -0.05) is 19.3 Å². The summed E-state index contributed by atoms with van der Waals surface area (Å²) in [7, 11) is 3.44. The highest BCUT2D eigenvalue weighted by atomic mass is 16.2. The molecule has 0 heterocycles. The Kier molecular flexibility index (Phi) is 6.51. The fourth-order valence-electron chi connectivity index (χ4n) is 2.29. The molecule has 2 unspecified atom stereocenters. The number of carbonyl (C=O) groups excluding carboxylic acids is 1. The third-order valence-electron chi connectivity index (χ3n) is 3.40. The summed E-state index contributed by atoms with van der Waals surface area (Å²) < 4.78 is 0. The quantitative estimate of drug-likeness (QED) is 0.585. The summed E-state index contributed by atoms with van der Waals surface area (Å²) in [4.78, 5) is 12.8. The van der Waals surface area contributed by atoms with Gasteiger partial charge in [-0.3, -0.25) is 0 Å². The maximum Gasteiger partial charge on any atom is 0.316 e. The highest BCUT2D eigenvalue weighted by Crippen LogP contribution is 2.22. The monoisotopic (exact) mass is 252 g/mol. The number of nitrogens with zero attached hydrogens (tertiary/aromatic N) is 2. The zero-order chi connectivity index (χ0) is 13.4. The molecule has 2 amide bonds. The summed E-state index contributed by atoms with van der Waals surface area (Å²) in [5.74, 6) is 0.122. The van der Waals surface area contributed by atoms with Crippen LogP contribution in [0, 0.1) is 17.2 Å². The third-order valence-corrected chi connectivity index (χ3v) is 3.40. The summed E-state index contributed by atoms with van der Waals surface area (Å²) >= 11 is 0. The van der Waals surface area contributed by atoms with Crippen LogP contribution in [-0.4, -0.2) is 44.2 Å². The van der Waals surface area contributed by atoms with E-state index in [0.717, 1.165) is 25.8 Å². The fraction of sp³-hybridized carbons (Fsp3) is 0.846. The number of carbonyl (C=O) groups is 1. The van der Waals surface area contributed by atoms with Gasteiger partial charge in [-0.25, -0.2) is 4.79 Å². The van der Waals surface area contributed by atoms with Crippen LogP contribution >= 0.6 is 0 Å². The van der Waals surface area contributed by atoms with E-state index >= 15 is 0 Å². The maximum absolute atomic E-state index is 11.3. The van der Waals surface area contributed by atoms with Crippen LogP contribution in [0.15, 0.2) is 0 Å². The summed E-state index contributed by atoms with van der Waals surface area (Å²) in [6.45, 7) is 1.33. The van der Waals surface area contributed by atoms with Gasteiger partial charge in [0.15, 0.2) is 0 Å². The molecule has 1 aliphatic carbocycles.